The standard InChI is InChI=1S/C23H35N7O2.HI/c1-2-22-27-26-18-30(22)11-10-24-23(25-17-19-7-5-6-16-32-19)29-14-12-28(13-15-29)20-8-3-4-9-21(20)31;/h3-4,8-9,18-19,31H,2,5-7,10-17H2,1H3,(H,24,25);1H. The van der Waals surface area contributed by atoms with Crippen LogP contribution in [-0.4, -0.2) is 82.7 Å². The molecule has 0 amide bonds. The number of nitrogens with zero attached hydrogens (tertiary/aromatic N) is 6. The van der Waals surface area contributed by atoms with Gasteiger partial charge in [0.15, 0.2) is 5.96 Å². The third-order valence-corrected chi connectivity index (χ3v) is 6.17. The van der Waals surface area contributed by atoms with Crippen LogP contribution < -0.4 is 10.2 Å². The Morgan fingerprint density at radius 2 is 2.03 bits per heavy atom. The smallest absolute Gasteiger partial charge is 0.194 e. The maximum atomic E-state index is 10.2. The van der Waals surface area contributed by atoms with Gasteiger partial charge in [-0.1, -0.05) is 19.1 Å². The highest BCUT2D eigenvalue weighted by atomic mass is 127. The lowest BCUT2D eigenvalue weighted by Gasteiger charge is -2.38. The molecule has 3 heterocycles. The molecule has 2 aliphatic heterocycles. The minimum Gasteiger partial charge on any atom is -0.506 e. The van der Waals surface area contributed by atoms with Gasteiger partial charge in [-0.3, -0.25) is 4.99 Å². The van der Waals surface area contributed by atoms with Gasteiger partial charge in [-0.25, -0.2) is 0 Å². The first-order chi connectivity index (χ1) is 15.7. The Balaban J connectivity index is 0.00000306. The van der Waals surface area contributed by atoms with E-state index in [-0.39, 0.29) is 30.1 Å². The van der Waals surface area contributed by atoms with E-state index in [1.54, 1.807) is 12.4 Å². The van der Waals surface area contributed by atoms with Crippen molar-refractivity contribution in [3.8, 4) is 5.75 Å². The molecule has 33 heavy (non-hydrogen) atoms. The Morgan fingerprint density at radius 3 is 2.76 bits per heavy atom. The molecule has 1 unspecified atom stereocenters. The summed E-state index contributed by atoms with van der Waals surface area (Å²) in [6, 6.07) is 7.55. The molecule has 10 heteroatoms. The quantitative estimate of drug-likeness (QED) is 0.301. The second kappa shape index (κ2) is 13.0. The lowest BCUT2D eigenvalue weighted by molar-refractivity contribution is 0.0223. The summed E-state index contributed by atoms with van der Waals surface area (Å²) < 4.78 is 7.98. The number of aromatic hydroxyl groups is 1. The number of piperazine rings is 1. The molecule has 1 atom stereocenters. The van der Waals surface area contributed by atoms with Gasteiger partial charge in [-0.15, -0.1) is 34.2 Å². The van der Waals surface area contributed by atoms with Gasteiger partial charge in [0.2, 0.25) is 0 Å². The van der Waals surface area contributed by atoms with Crippen molar-refractivity contribution in [2.45, 2.75) is 45.3 Å². The predicted octanol–water partition coefficient (Wildman–Crippen LogP) is 2.50. The number of aromatic nitrogens is 3. The minimum absolute atomic E-state index is 0. The first kappa shape index (κ1) is 25.5. The summed E-state index contributed by atoms with van der Waals surface area (Å²) in [6.45, 7) is 8.55. The minimum atomic E-state index is 0. The summed E-state index contributed by atoms with van der Waals surface area (Å²) in [6.07, 6.45) is 6.33. The molecule has 1 aromatic heterocycles. The Labute approximate surface area is 213 Å². The summed E-state index contributed by atoms with van der Waals surface area (Å²) in [4.78, 5) is 9.49. The van der Waals surface area contributed by atoms with E-state index < -0.39 is 0 Å². The van der Waals surface area contributed by atoms with Crippen molar-refractivity contribution in [3.05, 3.63) is 36.4 Å². The molecule has 0 saturated carbocycles. The predicted molar refractivity (Wildman–Crippen MR) is 141 cm³/mol. The van der Waals surface area contributed by atoms with Gasteiger partial charge >= 0.3 is 0 Å². The number of aryl methyl sites for hydroxylation is 1. The van der Waals surface area contributed by atoms with Gasteiger partial charge in [-0.2, -0.15) is 0 Å². The maximum absolute atomic E-state index is 10.2. The third-order valence-electron chi connectivity index (χ3n) is 6.17. The van der Waals surface area contributed by atoms with Crippen LogP contribution in [0.3, 0.4) is 0 Å². The fourth-order valence-corrected chi connectivity index (χ4v) is 4.33. The number of benzene rings is 1. The highest BCUT2D eigenvalue weighted by molar-refractivity contribution is 14.0. The normalized spacial score (nSPS) is 19.3. The van der Waals surface area contributed by atoms with Crippen LogP contribution in [0.2, 0.25) is 0 Å². The molecule has 2 fully saturated rings. The zero-order valence-corrected chi connectivity index (χ0v) is 21.7. The Hall–Kier alpha value is -2.08. The number of hydrogen-bond acceptors (Lipinski definition) is 6. The van der Waals surface area contributed by atoms with Crippen molar-refractivity contribution in [1.82, 2.24) is 25.0 Å². The average molecular weight is 569 g/mol. The molecule has 1 aromatic carbocycles. The van der Waals surface area contributed by atoms with E-state index in [1.807, 2.05) is 18.2 Å². The lowest BCUT2D eigenvalue weighted by Crippen LogP contribution is -2.53. The van der Waals surface area contributed by atoms with Crippen LogP contribution >= 0.6 is 24.0 Å². The van der Waals surface area contributed by atoms with Crippen molar-refractivity contribution in [3.63, 3.8) is 0 Å². The van der Waals surface area contributed by atoms with E-state index in [4.69, 9.17) is 9.73 Å². The zero-order valence-electron chi connectivity index (χ0n) is 19.4. The second-order valence-electron chi connectivity index (χ2n) is 8.34. The van der Waals surface area contributed by atoms with Gasteiger partial charge in [0.05, 0.1) is 18.3 Å². The van der Waals surface area contributed by atoms with E-state index >= 15 is 0 Å². The van der Waals surface area contributed by atoms with Crippen LogP contribution in [0.25, 0.3) is 0 Å². The number of hydrogen-bond donors (Lipinski definition) is 2. The number of aliphatic imine (C=N–C) groups is 1. The van der Waals surface area contributed by atoms with Gasteiger partial charge in [0.25, 0.3) is 0 Å². The number of rotatable bonds is 7. The number of ether oxygens (including phenoxy) is 1. The number of phenols is 1. The monoisotopic (exact) mass is 569 g/mol. The van der Waals surface area contributed by atoms with Crippen molar-refractivity contribution in [2.75, 3.05) is 50.8 Å². The van der Waals surface area contributed by atoms with Crippen LogP contribution in [0, 0.1) is 0 Å². The van der Waals surface area contributed by atoms with Crippen molar-refractivity contribution < 1.29 is 9.84 Å². The van der Waals surface area contributed by atoms with Crippen molar-refractivity contribution in [1.29, 1.82) is 0 Å². The van der Waals surface area contributed by atoms with E-state index in [0.29, 0.717) is 12.3 Å². The Kier molecular flexibility index (Phi) is 10.0. The van der Waals surface area contributed by atoms with Gasteiger partial charge in [0, 0.05) is 52.3 Å². The van der Waals surface area contributed by atoms with E-state index in [1.165, 1.54) is 6.42 Å². The fraction of sp³-hybridized carbons (Fsp3) is 0.609. The number of anilines is 1. The molecule has 2 aliphatic rings. The molecular formula is C23H36IN7O2. The summed E-state index contributed by atoms with van der Waals surface area (Å²) in [5.41, 5.74) is 0.897. The number of halogens is 1. The topological polar surface area (TPSA) is 91.0 Å². The summed E-state index contributed by atoms with van der Waals surface area (Å²) in [7, 11) is 0. The molecule has 0 bridgehead atoms. The Bertz CT molecular complexity index is 877. The zero-order chi connectivity index (χ0) is 22.2. The summed E-state index contributed by atoms with van der Waals surface area (Å²) in [5.74, 6) is 2.27. The maximum Gasteiger partial charge on any atom is 0.194 e. The van der Waals surface area contributed by atoms with Gasteiger partial charge in [0.1, 0.15) is 17.9 Å². The van der Waals surface area contributed by atoms with E-state index in [0.717, 1.165) is 82.6 Å². The second-order valence-corrected chi connectivity index (χ2v) is 8.34. The van der Waals surface area contributed by atoms with Crippen molar-refractivity contribution in [2.24, 2.45) is 4.99 Å². The highest BCUT2D eigenvalue weighted by Crippen LogP contribution is 2.27. The number of nitrogens with one attached hydrogen (secondary N) is 1. The molecule has 182 valence electrons. The van der Waals surface area contributed by atoms with E-state index in [9.17, 15) is 5.11 Å². The lowest BCUT2D eigenvalue weighted by atomic mass is 10.1. The molecule has 9 nitrogen and oxygen atoms in total. The fourth-order valence-electron chi connectivity index (χ4n) is 4.33. The number of guanidine groups is 1. The Morgan fingerprint density at radius 1 is 1.21 bits per heavy atom. The van der Waals surface area contributed by atoms with Crippen LogP contribution in [-0.2, 0) is 17.7 Å². The molecule has 2 N–H and O–H groups in total. The molecular weight excluding hydrogens is 533 g/mol. The van der Waals surface area contributed by atoms with Gasteiger partial charge in [-0.05, 0) is 31.4 Å². The first-order valence-corrected chi connectivity index (χ1v) is 11.8. The summed E-state index contributed by atoms with van der Waals surface area (Å²) >= 11 is 0. The third kappa shape index (κ3) is 6.95. The van der Waals surface area contributed by atoms with Crippen LogP contribution in [0.4, 0.5) is 5.69 Å². The van der Waals surface area contributed by atoms with Crippen LogP contribution in [0.1, 0.15) is 32.0 Å². The molecule has 0 radical (unpaired) electrons. The van der Waals surface area contributed by atoms with Gasteiger partial charge < -0.3 is 29.5 Å². The summed E-state index contributed by atoms with van der Waals surface area (Å²) in [5, 5.41) is 21.9. The molecule has 2 saturated heterocycles. The van der Waals surface area contributed by atoms with Crippen LogP contribution in [0.15, 0.2) is 35.6 Å². The largest absolute Gasteiger partial charge is 0.506 e. The highest BCUT2D eigenvalue weighted by Gasteiger charge is 2.22. The molecule has 4 rings (SSSR count). The molecule has 0 spiro atoms. The number of phenolic OH excluding ortho intramolecular Hbond substituents is 1. The average Bonchev–Trinajstić information content (AvgIpc) is 3.30. The van der Waals surface area contributed by atoms with Crippen molar-refractivity contribution >= 4 is 35.6 Å². The number of para-hydroxylation sites is 2. The molecule has 0 aliphatic carbocycles. The molecule has 2 aromatic rings. The first-order valence-electron chi connectivity index (χ1n) is 11.8. The van der Waals surface area contributed by atoms with E-state index in [2.05, 4.69) is 36.8 Å². The SMILES string of the molecule is CCc1nncn1CCNC(=NCC1CCCCO1)N1CCN(c2ccccc2O)CC1.I. The van der Waals surface area contributed by atoms with Crippen LogP contribution in [0.5, 0.6) is 5.75 Å².